The molecule has 18 heavy (non-hydrogen) atoms. The van der Waals surface area contributed by atoms with Gasteiger partial charge in [0.25, 0.3) is 0 Å². The SMILES string of the molecule is CSC(C)(C)CNC(=O)NC1(CC(=O)O)CCC1. The van der Waals surface area contributed by atoms with Gasteiger partial charge in [-0.15, -0.1) is 0 Å². The Kier molecular flexibility index (Phi) is 4.90. The Morgan fingerprint density at radius 1 is 1.39 bits per heavy atom. The Bertz CT molecular complexity index is 327. The quantitative estimate of drug-likeness (QED) is 0.690. The number of carboxylic acids is 1. The van der Waals surface area contributed by atoms with Crippen molar-refractivity contribution >= 4 is 23.8 Å². The van der Waals surface area contributed by atoms with Crippen LogP contribution in [0.2, 0.25) is 0 Å². The molecule has 3 N–H and O–H groups in total. The molecule has 0 unspecified atom stereocenters. The van der Waals surface area contributed by atoms with Crippen molar-refractivity contribution in [2.45, 2.75) is 49.8 Å². The zero-order valence-electron chi connectivity index (χ0n) is 11.2. The fourth-order valence-electron chi connectivity index (χ4n) is 1.89. The third-order valence-corrected chi connectivity index (χ3v) is 4.66. The molecule has 2 amide bonds. The zero-order valence-corrected chi connectivity index (χ0v) is 12.0. The molecule has 0 aromatic heterocycles. The zero-order chi connectivity index (χ0) is 13.8. The van der Waals surface area contributed by atoms with E-state index in [-0.39, 0.29) is 17.2 Å². The van der Waals surface area contributed by atoms with E-state index in [0.29, 0.717) is 6.54 Å². The fourth-order valence-corrected chi connectivity index (χ4v) is 2.11. The third-order valence-electron chi connectivity index (χ3n) is 3.41. The Hall–Kier alpha value is -0.910. The molecule has 1 saturated carbocycles. The van der Waals surface area contributed by atoms with Gasteiger partial charge in [0.15, 0.2) is 0 Å². The maximum atomic E-state index is 11.8. The summed E-state index contributed by atoms with van der Waals surface area (Å²) in [5, 5.41) is 14.5. The van der Waals surface area contributed by atoms with Gasteiger partial charge in [-0.1, -0.05) is 0 Å². The van der Waals surface area contributed by atoms with Crippen LogP contribution in [0.5, 0.6) is 0 Å². The highest BCUT2D eigenvalue weighted by Crippen LogP contribution is 2.34. The summed E-state index contributed by atoms with van der Waals surface area (Å²) in [6, 6.07) is -0.266. The lowest BCUT2D eigenvalue weighted by atomic mass is 9.74. The molecule has 0 saturated heterocycles. The van der Waals surface area contributed by atoms with Gasteiger partial charge in [-0.2, -0.15) is 11.8 Å². The van der Waals surface area contributed by atoms with Crippen molar-refractivity contribution in [1.29, 1.82) is 0 Å². The van der Waals surface area contributed by atoms with Gasteiger partial charge < -0.3 is 15.7 Å². The molecule has 104 valence electrons. The van der Waals surface area contributed by atoms with Crippen LogP contribution < -0.4 is 10.6 Å². The van der Waals surface area contributed by atoms with Crippen molar-refractivity contribution in [2.24, 2.45) is 0 Å². The second kappa shape index (κ2) is 5.82. The Balaban J connectivity index is 2.41. The van der Waals surface area contributed by atoms with E-state index in [9.17, 15) is 9.59 Å². The lowest BCUT2D eigenvalue weighted by Crippen LogP contribution is -2.58. The van der Waals surface area contributed by atoms with Gasteiger partial charge in [0.2, 0.25) is 0 Å². The highest BCUT2D eigenvalue weighted by atomic mass is 32.2. The molecule has 0 heterocycles. The summed E-state index contributed by atoms with van der Waals surface area (Å²) in [5.74, 6) is -0.862. The molecule has 5 nitrogen and oxygen atoms in total. The van der Waals surface area contributed by atoms with E-state index in [0.717, 1.165) is 19.3 Å². The van der Waals surface area contributed by atoms with Crippen LogP contribution in [0.1, 0.15) is 39.5 Å². The molecular formula is C12H22N2O3S. The van der Waals surface area contributed by atoms with Crippen LogP contribution in [0.25, 0.3) is 0 Å². The highest BCUT2D eigenvalue weighted by Gasteiger charge is 2.40. The molecule has 1 aliphatic rings. The molecule has 1 rings (SSSR count). The Morgan fingerprint density at radius 3 is 2.39 bits per heavy atom. The van der Waals surface area contributed by atoms with E-state index in [2.05, 4.69) is 10.6 Å². The van der Waals surface area contributed by atoms with Gasteiger partial charge in [-0.3, -0.25) is 4.79 Å². The van der Waals surface area contributed by atoms with E-state index in [1.807, 2.05) is 20.1 Å². The maximum Gasteiger partial charge on any atom is 0.315 e. The summed E-state index contributed by atoms with van der Waals surface area (Å²) in [6.07, 6.45) is 4.48. The molecular weight excluding hydrogens is 252 g/mol. The summed E-state index contributed by atoms with van der Waals surface area (Å²) in [4.78, 5) is 22.5. The van der Waals surface area contributed by atoms with E-state index in [1.165, 1.54) is 0 Å². The molecule has 6 heteroatoms. The molecule has 0 spiro atoms. The number of hydrogen-bond acceptors (Lipinski definition) is 3. The van der Waals surface area contributed by atoms with Crippen molar-refractivity contribution in [3.05, 3.63) is 0 Å². The number of carbonyl (C=O) groups is 2. The van der Waals surface area contributed by atoms with Gasteiger partial charge in [0, 0.05) is 11.3 Å². The second-order valence-corrected chi connectivity index (χ2v) is 6.99. The number of rotatable bonds is 6. The molecule has 0 aliphatic heterocycles. The number of hydrogen-bond donors (Lipinski definition) is 3. The average molecular weight is 274 g/mol. The fraction of sp³-hybridized carbons (Fsp3) is 0.833. The van der Waals surface area contributed by atoms with Crippen LogP contribution in [0.4, 0.5) is 4.79 Å². The molecule has 0 aromatic rings. The number of thioether (sulfide) groups is 1. The molecule has 0 radical (unpaired) electrons. The topological polar surface area (TPSA) is 78.4 Å². The van der Waals surface area contributed by atoms with Crippen molar-refractivity contribution in [3.63, 3.8) is 0 Å². The highest BCUT2D eigenvalue weighted by molar-refractivity contribution is 7.99. The van der Waals surface area contributed by atoms with E-state index < -0.39 is 11.5 Å². The summed E-state index contributed by atoms with van der Waals surface area (Å²) in [7, 11) is 0. The Morgan fingerprint density at radius 2 is 2.00 bits per heavy atom. The van der Waals surface area contributed by atoms with Gasteiger partial charge >= 0.3 is 12.0 Å². The average Bonchev–Trinajstić information content (AvgIpc) is 2.23. The lowest BCUT2D eigenvalue weighted by Gasteiger charge is -2.41. The predicted octanol–water partition coefficient (Wildman–Crippen LogP) is 1.82. The van der Waals surface area contributed by atoms with Crippen molar-refractivity contribution in [1.82, 2.24) is 10.6 Å². The van der Waals surface area contributed by atoms with Gasteiger partial charge in [0.05, 0.1) is 12.0 Å². The summed E-state index contributed by atoms with van der Waals surface area (Å²) >= 11 is 1.68. The summed E-state index contributed by atoms with van der Waals surface area (Å²) in [6.45, 7) is 4.66. The molecule has 1 fully saturated rings. The van der Waals surface area contributed by atoms with Crippen LogP contribution in [0.15, 0.2) is 0 Å². The predicted molar refractivity (Wildman–Crippen MR) is 73.0 cm³/mol. The van der Waals surface area contributed by atoms with E-state index in [1.54, 1.807) is 11.8 Å². The van der Waals surface area contributed by atoms with Crippen LogP contribution in [0.3, 0.4) is 0 Å². The third kappa shape index (κ3) is 4.40. The van der Waals surface area contributed by atoms with E-state index >= 15 is 0 Å². The summed E-state index contributed by atoms with van der Waals surface area (Å²) < 4.78 is -0.0169. The maximum absolute atomic E-state index is 11.8. The largest absolute Gasteiger partial charge is 0.481 e. The molecule has 1 aliphatic carbocycles. The van der Waals surface area contributed by atoms with Crippen LogP contribution in [-0.2, 0) is 4.79 Å². The minimum Gasteiger partial charge on any atom is -0.481 e. The first-order chi connectivity index (χ1) is 8.29. The molecule has 0 bridgehead atoms. The van der Waals surface area contributed by atoms with Gasteiger partial charge in [-0.05, 0) is 39.4 Å². The number of carboxylic acid groups (broad SMARTS) is 1. The van der Waals surface area contributed by atoms with Crippen molar-refractivity contribution in [2.75, 3.05) is 12.8 Å². The number of aliphatic carboxylic acids is 1. The normalized spacial score (nSPS) is 17.7. The van der Waals surface area contributed by atoms with Crippen molar-refractivity contribution in [3.8, 4) is 0 Å². The minimum atomic E-state index is -0.862. The number of amides is 2. The number of urea groups is 1. The standard InChI is InChI=1S/C12H22N2O3S/c1-11(2,18-3)8-13-10(17)14-12(5-4-6-12)7-9(15)16/h4-8H2,1-3H3,(H,15,16)(H2,13,14,17). The molecule has 0 aromatic carbocycles. The van der Waals surface area contributed by atoms with Crippen LogP contribution >= 0.6 is 11.8 Å². The summed E-state index contributed by atoms with van der Waals surface area (Å²) in [5.41, 5.74) is -0.528. The first kappa shape index (κ1) is 15.1. The first-order valence-electron chi connectivity index (χ1n) is 6.12. The molecule has 0 atom stereocenters. The monoisotopic (exact) mass is 274 g/mol. The van der Waals surface area contributed by atoms with Crippen molar-refractivity contribution < 1.29 is 14.7 Å². The lowest BCUT2D eigenvalue weighted by molar-refractivity contribution is -0.139. The first-order valence-corrected chi connectivity index (χ1v) is 7.34. The minimum absolute atomic E-state index is 0.00629. The number of carbonyl (C=O) groups excluding carboxylic acids is 1. The van der Waals surface area contributed by atoms with Gasteiger partial charge in [0.1, 0.15) is 0 Å². The van der Waals surface area contributed by atoms with Crippen LogP contribution in [0, 0.1) is 0 Å². The Labute approximate surface area is 112 Å². The second-order valence-electron chi connectivity index (χ2n) is 5.48. The van der Waals surface area contributed by atoms with Gasteiger partial charge in [-0.25, -0.2) is 4.79 Å². The van der Waals surface area contributed by atoms with Crippen LogP contribution in [-0.4, -0.2) is 40.2 Å². The van der Waals surface area contributed by atoms with E-state index in [4.69, 9.17) is 5.11 Å². The smallest absolute Gasteiger partial charge is 0.315 e. The number of nitrogens with one attached hydrogen (secondary N) is 2.